The van der Waals surface area contributed by atoms with E-state index >= 15 is 0 Å². The first-order valence-electron chi connectivity index (χ1n) is 16.5. The summed E-state index contributed by atoms with van der Waals surface area (Å²) in [6.07, 6.45) is 0. The summed E-state index contributed by atoms with van der Waals surface area (Å²) in [5.41, 5.74) is 8.67. The molecule has 0 saturated heterocycles. The molecule has 48 heavy (non-hydrogen) atoms. The average Bonchev–Trinajstić information content (AvgIpc) is 3.70. The summed E-state index contributed by atoms with van der Waals surface area (Å²) in [4.78, 5) is 0. The first-order chi connectivity index (χ1) is 23.8. The lowest BCUT2D eigenvalue weighted by Crippen LogP contribution is -1.94. The third-order valence-corrected chi connectivity index (χ3v) is 11.6. The van der Waals surface area contributed by atoms with Crippen molar-refractivity contribution in [3.63, 3.8) is 0 Å². The Balaban J connectivity index is 1.07. The molecule has 0 amide bonds. The van der Waals surface area contributed by atoms with E-state index in [-0.39, 0.29) is 0 Å². The molecule has 0 saturated carbocycles. The maximum atomic E-state index is 2.42. The lowest BCUT2D eigenvalue weighted by molar-refractivity contribution is 1.18. The molecule has 1 nitrogen and oxygen atoms in total. The molecular weight excluding hydrogens is 599 g/mol. The number of hydrogen-bond donors (Lipinski definition) is 0. The zero-order valence-electron chi connectivity index (χ0n) is 25.9. The molecule has 0 bridgehead atoms. The minimum Gasteiger partial charge on any atom is -0.309 e. The van der Waals surface area contributed by atoms with Gasteiger partial charge in [0.1, 0.15) is 0 Å². The molecule has 0 radical (unpaired) electrons. The largest absolute Gasteiger partial charge is 0.309 e. The Kier molecular flexibility index (Phi) is 5.32. The smallest absolute Gasteiger partial charge is 0.0541 e. The second-order valence-corrected chi connectivity index (χ2v) is 13.9. The third kappa shape index (κ3) is 3.61. The number of aromatic nitrogens is 1. The van der Waals surface area contributed by atoms with Crippen LogP contribution in [0.4, 0.5) is 0 Å². The van der Waals surface area contributed by atoms with Gasteiger partial charge in [-0.3, -0.25) is 0 Å². The molecule has 11 rings (SSSR count). The van der Waals surface area contributed by atoms with Crippen LogP contribution in [0.25, 0.3) is 102 Å². The van der Waals surface area contributed by atoms with Crippen molar-refractivity contribution in [3.8, 4) is 27.9 Å². The van der Waals surface area contributed by atoms with Gasteiger partial charge in [-0.25, -0.2) is 0 Å². The lowest BCUT2D eigenvalue weighted by Gasteiger charge is -2.15. The van der Waals surface area contributed by atoms with Crippen molar-refractivity contribution >= 4 is 85.6 Å². The molecule has 2 heterocycles. The molecule has 0 aliphatic heterocycles. The summed E-state index contributed by atoms with van der Waals surface area (Å²) >= 11 is 1.89. The zero-order valence-corrected chi connectivity index (χ0v) is 26.8. The van der Waals surface area contributed by atoms with Crippen molar-refractivity contribution in [2.45, 2.75) is 0 Å². The van der Waals surface area contributed by atoms with Crippen LogP contribution < -0.4 is 0 Å². The normalized spacial score (nSPS) is 12.2. The van der Waals surface area contributed by atoms with E-state index in [4.69, 9.17) is 0 Å². The van der Waals surface area contributed by atoms with Gasteiger partial charge in [0.15, 0.2) is 0 Å². The fraction of sp³-hybridized carbons (Fsp3) is 0. The fourth-order valence-electron chi connectivity index (χ4n) is 8.17. The Morgan fingerprint density at radius 3 is 1.92 bits per heavy atom. The Morgan fingerprint density at radius 1 is 0.375 bits per heavy atom. The number of para-hydroxylation sites is 1. The second-order valence-electron chi connectivity index (χ2n) is 12.9. The molecule has 0 N–H and O–H groups in total. The summed E-state index contributed by atoms with van der Waals surface area (Å²) in [6.45, 7) is 0. The summed E-state index contributed by atoms with van der Waals surface area (Å²) in [5, 5.41) is 13.1. The number of hydrogen-bond acceptors (Lipinski definition) is 1. The van der Waals surface area contributed by atoms with E-state index in [1.807, 2.05) is 11.3 Å². The predicted molar refractivity (Wildman–Crippen MR) is 208 cm³/mol. The van der Waals surface area contributed by atoms with Gasteiger partial charge in [0.25, 0.3) is 0 Å². The quantitative estimate of drug-likeness (QED) is 0.172. The highest BCUT2D eigenvalue weighted by atomic mass is 32.1. The van der Waals surface area contributed by atoms with Crippen LogP contribution in [0.15, 0.2) is 164 Å². The van der Waals surface area contributed by atoms with E-state index in [1.54, 1.807) is 0 Å². The Labute approximate surface area is 280 Å². The average molecular weight is 626 g/mol. The Hall–Kier alpha value is -5.96. The molecule has 0 fully saturated rings. The second kappa shape index (κ2) is 9.78. The van der Waals surface area contributed by atoms with Gasteiger partial charge in [-0.05, 0) is 91.0 Å². The molecule has 11 aromatic rings. The van der Waals surface area contributed by atoms with E-state index in [0.717, 1.165) is 0 Å². The third-order valence-electron chi connectivity index (χ3n) is 10.4. The van der Waals surface area contributed by atoms with E-state index in [2.05, 4.69) is 168 Å². The van der Waals surface area contributed by atoms with Crippen LogP contribution in [-0.4, -0.2) is 4.57 Å². The Morgan fingerprint density at radius 2 is 1.04 bits per heavy atom. The van der Waals surface area contributed by atoms with Crippen LogP contribution in [0.5, 0.6) is 0 Å². The highest BCUT2D eigenvalue weighted by Gasteiger charge is 2.17. The molecule has 222 valence electrons. The van der Waals surface area contributed by atoms with Gasteiger partial charge in [0.05, 0.1) is 11.0 Å². The van der Waals surface area contributed by atoms with Crippen molar-refractivity contribution in [3.05, 3.63) is 164 Å². The molecule has 2 heteroatoms. The summed E-state index contributed by atoms with van der Waals surface area (Å²) < 4.78 is 5.11. The van der Waals surface area contributed by atoms with Gasteiger partial charge < -0.3 is 4.57 Å². The van der Waals surface area contributed by atoms with Gasteiger partial charge in [-0.2, -0.15) is 0 Å². The summed E-state index contributed by atoms with van der Waals surface area (Å²) in [6, 6.07) is 60.7. The van der Waals surface area contributed by atoms with Crippen molar-refractivity contribution in [1.29, 1.82) is 0 Å². The monoisotopic (exact) mass is 625 g/mol. The van der Waals surface area contributed by atoms with Crippen LogP contribution in [0, 0.1) is 0 Å². The number of nitrogens with zero attached hydrogens (tertiary/aromatic N) is 1. The van der Waals surface area contributed by atoms with Gasteiger partial charge in [-0.15, -0.1) is 11.3 Å². The minimum atomic E-state index is 1.17. The van der Waals surface area contributed by atoms with Gasteiger partial charge in [-0.1, -0.05) is 127 Å². The van der Waals surface area contributed by atoms with Crippen molar-refractivity contribution in [1.82, 2.24) is 4.57 Å². The molecular formula is C46H27NS. The van der Waals surface area contributed by atoms with Gasteiger partial charge >= 0.3 is 0 Å². The number of benzene rings is 9. The van der Waals surface area contributed by atoms with E-state index in [1.165, 1.54) is 102 Å². The molecule has 0 unspecified atom stereocenters. The van der Waals surface area contributed by atoms with Crippen LogP contribution >= 0.6 is 11.3 Å². The molecule has 0 atom stereocenters. The molecule has 2 aromatic heterocycles. The number of thiophene rings is 1. The molecule has 0 spiro atoms. The predicted octanol–water partition coefficient (Wildman–Crippen LogP) is 13.4. The molecule has 9 aromatic carbocycles. The SMILES string of the molecule is c1cc2ccc3ccc(-c4ccc(-n5c6ccccc6c6cc(-c7cccc8c7sc7ccccc78)ccc65)cc4)c4ccc(c1)c2c34. The van der Waals surface area contributed by atoms with E-state index < -0.39 is 0 Å². The highest BCUT2D eigenvalue weighted by molar-refractivity contribution is 7.26. The van der Waals surface area contributed by atoms with Gasteiger partial charge in [0, 0.05) is 36.6 Å². The molecule has 0 aliphatic rings. The summed E-state index contributed by atoms with van der Waals surface area (Å²) in [5.74, 6) is 0. The Bertz CT molecular complexity index is 3030. The standard InChI is InChI=1S/C46H27NS/c1-3-13-41-36(9-1)40-27-32(35-11-6-12-39-37-10-2-4-14-43(37)48-46(35)39)21-26-42(40)47(41)33-22-17-28(18-23-33)34-24-19-31-16-15-29-7-5-8-30-20-25-38(34)45(31)44(29)30/h1-27H. The molecule has 0 aliphatic carbocycles. The zero-order chi connectivity index (χ0) is 31.3. The van der Waals surface area contributed by atoms with Crippen LogP contribution in [0.3, 0.4) is 0 Å². The van der Waals surface area contributed by atoms with Crippen molar-refractivity contribution in [2.75, 3.05) is 0 Å². The van der Waals surface area contributed by atoms with E-state index in [0.29, 0.717) is 0 Å². The topological polar surface area (TPSA) is 4.93 Å². The van der Waals surface area contributed by atoms with Crippen LogP contribution in [0.1, 0.15) is 0 Å². The van der Waals surface area contributed by atoms with Crippen LogP contribution in [-0.2, 0) is 0 Å². The van der Waals surface area contributed by atoms with Crippen molar-refractivity contribution < 1.29 is 0 Å². The summed E-state index contributed by atoms with van der Waals surface area (Å²) in [7, 11) is 0. The maximum Gasteiger partial charge on any atom is 0.0541 e. The van der Waals surface area contributed by atoms with Crippen LogP contribution in [0.2, 0.25) is 0 Å². The number of fused-ring (bicyclic) bond motifs is 6. The minimum absolute atomic E-state index is 1.17. The van der Waals surface area contributed by atoms with Crippen molar-refractivity contribution in [2.24, 2.45) is 0 Å². The maximum absolute atomic E-state index is 2.42. The lowest BCUT2D eigenvalue weighted by atomic mass is 9.90. The fourth-order valence-corrected chi connectivity index (χ4v) is 9.41. The van der Waals surface area contributed by atoms with E-state index in [9.17, 15) is 0 Å². The highest BCUT2D eigenvalue weighted by Crippen LogP contribution is 2.43. The van der Waals surface area contributed by atoms with Gasteiger partial charge in [0.2, 0.25) is 0 Å². The first kappa shape index (κ1) is 26.1. The first-order valence-corrected chi connectivity index (χ1v) is 17.3. The number of rotatable bonds is 3.